The number of rotatable bonds is 4. The molecule has 0 saturated heterocycles. The van der Waals surface area contributed by atoms with Gasteiger partial charge in [0.15, 0.2) is 0 Å². The van der Waals surface area contributed by atoms with Crippen LogP contribution in [0.15, 0.2) is 20.3 Å². The van der Waals surface area contributed by atoms with Gasteiger partial charge in [0.25, 0.3) is 0 Å². The monoisotopic (exact) mass is 234 g/mol. The van der Waals surface area contributed by atoms with E-state index < -0.39 is 15.5 Å². The van der Waals surface area contributed by atoms with Crippen molar-refractivity contribution in [3.63, 3.8) is 0 Å². The molecule has 0 fully saturated rings. The van der Waals surface area contributed by atoms with Crippen LogP contribution >= 0.6 is 15.5 Å². The molecule has 0 aromatic carbocycles. The molecule has 13 heteroatoms. The molecule has 76 valence electrons. The topological polar surface area (TPSA) is 174 Å². The van der Waals surface area contributed by atoms with E-state index >= 15 is 0 Å². The molecule has 0 aliphatic carbocycles. The molecule has 0 saturated carbocycles. The molecule has 0 amide bonds. The van der Waals surface area contributed by atoms with Crippen molar-refractivity contribution in [3.8, 4) is 0 Å². The minimum atomic E-state index is -4.71. The van der Waals surface area contributed by atoms with Gasteiger partial charge in [-0.05, 0) is 9.77 Å². The number of nitrogens with zero attached hydrogens (tertiary/aromatic N) is 4. The highest BCUT2D eigenvalue weighted by Gasteiger charge is 2.11. The van der Waals surface area contributed by atoms with Crippen LogP contribution in [-0.4, -0.2) is 19.6 Å². The fourth-order valence-electron chi connectivity index (χ4n) is 0.144. The summed E-state index contributed by atoms with van der Waals surface area (Å²) < 4.78 is 19.8. The third-order valence-corrected chi connectivity index (χ3v) is 0.991. The lowest BCUT2D eigenvalue weighted by Gasteiger charge is -1.90. The fourth-order valence-corrected chi connectivity index (χ4v) is 0.400. The molecule has 0 spiro atoms. The van der Waals surface area contributed by atoms with Crippen LogP contribution < -0.4 is 0 Å². The first kappa shape index (κ1) is 12.3. The summed E-state index contributed by atoms with van der Waals surface area (Å²) in [5.74, 6) is 0. The fraction of sp³-hybridized carbons (Fsp3) is 0. The molecule has 0 aromatic rings. The predicted molar refractivity (Wildman–Crippen MR) is 34.9 cm³/mol. The van der Waals surface area contributed by atoms with Gasteiger partial charge in [-0.2, -0.15) is 0 Å². The van der Waals surface area contributed by atoms with Crippen molar-refractivity contribution in [2.75, 3.05) is 0 Å². The number of hydrogen-bond donors (Lipinski definition) is 4. The van der Waals surface area contributed by atoms with Gasteiger partial charge in [0.2, 0.25) is 0 Å². The van der Waals surface area contributed by atoms with Crippen molar-refractivity contribution in [2.24, 2.45) is 20.3 Å². The van der Waals surface area contributed by atoms with Gasteiger partial charge in [0.1, 0.15) is 0 Å². The van der Waals surface area contributed by atoms with E-state index in [2.05, 4.69) is 25.3 Å². The first-order valence-corrected chi connectivity index (χ1v) is 5.46. The van der Waals surface area contributed by atoms with E-state index in [4.69, 9.17) is 19.6 Å². The lowest BCUT2D eigenvalue weighted by molar-refractivity contribution is 0.116. The Morgan fingerprint density at radius 2 is 1.15 bits per heavy atom. The second-order valence-corrected chi connectivity index (χ2v) is 3.86. The van der Waals surface area contributed by atoms with Gasteiger partial charge in [0.05, 0.1) is 10.6 Å². The highest BCUT2D eigenvalue weighted by atomic mass is 31.2. The van der Waals surface area contributed by atoms with Crippen LogP contribution in [0.2, 0.25) is 0 Å². The Labute approximate surface area is 70.5 Å². The largest absolute Gasteiger partial charge is 0.469 e. The molecule has 0 atom stereocenters. The average molecular weight is 234 g/mol. The summed E-state index contributed by atoms with van der Waals surface area (Å²) in [6.07, 6.45) is 0. The summed E-state index contributed by atoms with van der Waals surface area (Å²) in [5, 5.41) is 4.61. The van der Waals surface area contributed by atoms with Crippen LogP contribution in [0.3, 0.4) is 0 Å². The molecule has 0 aromatic heterocycles. The van der Waals surface area contributed by atoms with E-state index in [1.807, 2.05) is 0 Å². The van der Waals surface area contributed by atoms with Gasteiger partial charge < -0.3 is 19.6 Å². The summed E-state index contributed by atoms with van der Waals surface area (Å²) >= 11 is 0. The second-order valence-electron chi connectivity index (χ2n) is 1.45. The standard InChI is InChI=1S/H4N4O7P2/c5-12(6,7)3-1-11-2-4-13(8,9)10/h(H2,5,6,7)(H2,8,9,10). The Hall–Kier alpha value is -0.700. The van der Waals surface area contributed by atoms with Gasteiger partial charge in [-0.1, -0.05) is 0 Å². The van der Waals surface area contributed by atoms with Crippen LogP contribution in [0.4, 0.5) is 0 Å². The third-order valence-electron chi connectivity index (χ3n) is 0.379. The van der Waals surface area contributed by atoms with Gasteiger partial charge in [-0.15, -0.1) is 0 Å². The van der Waals surface area contributed by atoms with Crippen LogP contribution in [0, 0.1) is 0 Å². The highest BCUT2D eigenvalue weighted by Crippen LogP contribution is 2.37. The first-order valence-electron chi connectivity index (χ1n) is 2.33. The quantitative estimate of drug-likeness (QED) is 0.298. The molecular formula is H4N4O7P2. The SMILES string of the molecule is O=P(O)(O)N=NON=NP(=O)(O)O. The molecular weight excluding hydrogens is 230 g/mol. The van der Waals surface area contributed by atoms with Crippen molar-refractivity contribution < 1.29 is 33.6 Å². The third kappa shape index (κ3) is 11.3. The summed E-state index contributed by atoms with van der Waals surface area (Å²) in [5.41, 5.74) is 0. The maximum absolute atomic E-state index is 9.92. The Bertz CT molecular complexity index is 264. The summed E-state index contributed by atoms with van der Waals surface area (Å²) in [6.45, 7) is 0. The summed E-state index contributed by atoms with van der Waals surface area (Å²) in [6, 6.07) is 0. The second kappa shape index (κ2) is 4.51. The summed E-state index contributed by atoms with van der Waals surface area (Å²) in [7, 11) is -9.42. The van der Waals surface area contributed by atoms with Crippen molar-refractivity contribution in [3.05, 3.63) is 0 Å². The van der Waals surface area contributed by atoms with Crippen molar-refractivity contribution in [1.82, 2.24) is 0 Å². The zero-order valence-electron chi connectivity index (χ0n) is 5.70. The molecule has 0 bridgehead atoms. The lowest BCUT2D eigenvalue weighted by Crippen LogP contribution is -1.71. The first-order chi connectivity index (χ1) is 5.71. The van der Waals surface area contributed by atoms with E-state index in [9.17, 15) is 9.13 Å². The Balaban J connectivity index is 3.95. The smallest absolute Gasteiger partial charge is 0.306 e. The van der Waals surface area contributed by atoms with Gasteiger partial charge in [0, 0.05) is 0 Å². The van der Waals surface area contributed by atoms with Crippen LogP contribution in [0.5, 0.6) is 0 Å². The lowest BCUT2D eigenvalue weighted by atomic mass is 12.9. The van der Waals surface area contributed by atoms with Crippen LogP contribution in [0.25, 0.3) is 0 Å². The van der Waals surface area contributed by atoms with E-state index in [1.54, 1.807) is 0 Å². The Morgan fingerprint density at radius 3 is 1.38 bits per heavy atom. The van der Waals surface area contributed by atoms with Crippen molar-refractivity contribution in [2.45, 2.75) is 0 Å². The van der Waals surface area contributed by atoms with Gasteiger partial charge in [-0.25, -0.2) is 14.1 Å². The van der Waals surface area contributed by atoms with E-state index in [1.165, 1.54) is 0 Å². The molecule has 0 aliphatic heterocycles. The minimum absolute atomic E-state index is 2.24. The van der Waals surface area contributed by atoms with Crippen LogP contribution in [0.1, 0.15) is 0 Å². The molecule has 11 nitrogen and oxygen atoms in total. The zero-order valence-corrected chi connectivity index (χ0v) is 7.49. The van der Waals surface area contributed by atoms with Crippen molar-refractivity contribution >= 4 is 15.5 Å². The highest BCUT2D eigenvalue weighted by molar-refractivity contribution is 7.50. The molecule has 0 heterocycles. The van der Waals surface area contributed by atoms with Crippen molar-refractivity contribution in [1.29, 1.82) is 0 Å². The van der Waals surface area contributed by atoms with E-state index in [0.717, 1.165) is 0 Å². The maximum atomic E-state index is 9.92. The normalized spacial score (nSPS) is 14.2. The molecule has 0 aliphatic rings. The van der Waals surface area contributed by atoms with E-state index in [0.29, 0.717) is 0 Å². The maximum Gasteiger partial charge on any atom is 0.469 e. The molecule has 13 heavy (non-hydrogen) atoms. The average Bonchev–Trinajstić information content (AvgIpc) is 1.81. The minimum Gasteiger partial charge on any atom is -0.306 e. The molecule has 4 N–H and O–H groups in total. The van der Waals surface area contributed by atoms with E-state index in [-0.39, 0.29) is 0 Å². The van der Waals surface area contributed by atoms with Gasteiger partial charge in [-0.3, -0.25) is 0 Å². The molecule has 0 radical (unpaired) electrons. The van der Waals surface area contributed by atoms with Crippen LogP contribution in [-0.2, 0) is 14.1 Å². The number of hydrogen-bond acceptors (Lipinski definition) is 5. The Morgan fingerprint density at radius 1 is 0.846 bits per heavy atom. The van der Waals surface area contributed by atoms with Gasteiger partial charge >= 0.3 is 15.5 Å². The zero-order chi connectivity index (χ0) is 10.5. The Kier molecular flexibility index (Phi) is 4.27. The predicted octanol–water partition coefficient (Wildman–Crippen LogP) is -0.0772. The molecule has 0 rings (SSSR count). The summed E-state index contributed by atoms with van der Waals surface area (Å²) in [4.78, 5) is 40.1. The molecule has 0 unspecified atom stereocenters.